The normalized spacial score (nSPS) is 31.2. The highest BCUT2D eigenvalue weighted by molar-refractivity contribution is 5.82. The molecule has 1 aromatic heterocycles. The number of piperazine rings is 1. The molecule has 3 fully saturated rings. The van der Waals surface area contributed by atoms with Crippen molar-refractivity contribution in [3.05, 3.63) is 23.9 Å². The number of anilines is 1. The molecule has 0 spiro atoms. The predicted octanol–water partition coefficient (Wildman–Crippen LogP) is 0.324. The first kappa shape index (κ1) is 19.0. The van der Waals surface area contributed by atoms with Gasteiger partial charge in [-0.05, 0) is 18.6 Å². The number of hydrogen-bond acceptors (Lipinski definition) is 6. The van der Waals surface area contributed by atoms with Crippen LogP contribution in [0.1, 0.15) is 12.0 Å². The number of hydrogen-bond donors (Lipinski definition) is 1. The second kappa shape index (κ2) is 7.97. The summed E-state index contributed by atoms with van der Waals surface area (Å²) in [6.07, 6.45) is -0.795. The average Bonchev–Trinajstić information content (AvgIpc) is 3.35. The molecule has 0 saturated carbocycles. The molecule has 0 aliphatic carbocycles. The summed E-state index contributed by atoms with van der Waals surface area (Å²) >= 11 is 0. The predicted molar refractivity (Wildman–Crippen MR) is 99.3 cm³/mol. The Kier molecular flexibility index (Phi) is 5.42. The topological polar surface area (TPSA) is 75.5 Å². The van der Waals surface area contributed by atoms with Crippen LogP contribution >= 0.6 is 0 Å². The maximum atomic E-state index is 13.4. The van der Waals surface area contributed by atoms with Gasteiger partial charge in [0.2, 0.25) is 5.91 Å². The largest absolute Gasteiger partial charge is 0.353 e. The monoisotopic (exact) mass is 390 g/mol. The van der Waals surface area contributed by atoms with Gasteiger partial charge in [-0.1, -0.05) is 0 Å². The minimum atomic E-state index is -1.57. The summed E-state index contributed by atoms with van der Waals surface area (Å²) in [6, 6.07) is 5.57. The van der Waals surface area contributed by atoms with Crippen molar-refractivity contribution in [1.29, 1.82) is 5.26 Å². The Hall–Kier alpha value is -2.31. The third kappa shape index (κ3) is 3.66. The molecule has 1 aromatic rings. The first-order valence-corrected chi connectivity index (χ1v) is 9.71. The van der Waals surface area contributed by atoms with Crippen LogP contribution < -0.4 is 10.2 Å². The summed E-state index contributed by atoms with van der Waals surface area (Å²) in [5.74, 6) is 0.522. The van der Waals surface area contributed by atoms with Crippen LogP contribution in [0.4, 0.5) is 14.6 Å². The lowest BCUT2D eigenvalue weighted by Crippen LogP contribution is -2.51. The van der Waals surface area contributed by atoms with E-state index in [1.165, 1.54) is 4.90 Å². The number of carbonyl (C=O) groups is 1. The molecule has 28 heavy (non-hydrogen) atoms. The highest BCUT2D eigenvalue weighted by Gasteiger charge is 2.41. The van der Waals surface area contributed by atoms with E-state index >= 15 is 0 Å². The van der Waals surface area contributed by atoms with Crippen LogP contribution in [0.15, 0.2) is 18.3 Å². The Bertz CT molecular complexity index is 753. The summed E-state index contributed by atoms with van der Waals surface area (Å²) in [7, 11) is 0. The fourth-order valence-corrected chi connectivity index (χ4v) is 4.34. The Balaban J connectivity index is 1.30. The minimum absolute atomic E-state index is 0.146. The van der Waals surface area contributed by atoms with Gasteiger partial charge in [0.25, 0.3) is 0 Å². The van der Waals surface area contributed by atoms with E-state index in [0.717, 1.165) is 32.0 Å². The number of aromatic nitrogens is 1. The second-order valence-corrected chi connectivity index (χ2v) is 7.63. The van der Waals surface area contributed by atoms with Gasteiger partial charge in [-0.2, -0.15) is 5.26 Å². The highest BCUT2D eigenvalue weighted by Crippen LogP contribution is 2.23. The van der Waals surface area contributed by atoms with Crippen molar-refractivity contribution in [3.63, 3.8) is 0 Å². The number of likely N-dealkylation sites (tertiary alicyclic amines) is 1. The number of carbonyl (C=O) groups excluding carboxylic acids is 1. The van der Waals surface area contributed by atoms with Crippen LogP contribution in [0.3, 0.4) is 0 Å². The molecule has 1 N–H and O–H groups in total. The molecular weight excluding hydrogens is 366 g/mol. The number of nitrogens with one attached hydrogen (secondary N) is 1. The fraction of sp³-hybridized carbons (Fsp3) is 0.632. The first-order chi connectivity index (χ1) is 13.6. The molecule has 0 aromatic carbocycles. The van der Waals surface area contributed by atoms with Crippen LogP contribution in [0.5, 0.6) is 0 Å². The smallest absolute Gasteiger partial charge is 0.239 e. The number of nitriles is 1. The molecule has 0 unspecified atom stereocenters. The zero-order chi connectivity index (χ0) is 19.7. The molecule has 4 rings (SSSR count). The van der Waals surface area contributed by atoms with Gasteiger partial charge in [0.15, 0.2) is 12.3 Å². The van der Waals surface area contributed by atoms with Gasteiger partial charge < -0.3 is 15.1 Å². The molecule has 3 aliphatic heterocycles. The van der Waals surface area contributed by atoms with Gasteiger partial charge in [0, 0.05) is 45.0 Å². The lowest BCUT2D eigenvalue weighted by atomic mass is 10.1. The Labute approximate surface area is 162 Å². The highest BCUT2D eigenvalue weighted by atomic mass is 19.2. The maximum absolute atomic E-state index is 13.4. The van der Waals surface area contributed by atoms with Gasteiger partial charge >= 0.3 is 0 Å². The number of alkyl halides is 2. The summed E-state index contributed by atoms with van der Waals surface area (Å²) in [5, 5.41) is 12.5. The molecule has 0 bridgehead atoms. The van der Waals surface area contributed by atoms with Crippen LogP contribution in [-0.4, -0.2) is 90.9 Å². The van der Waals surface area contributed by atoms with E-state index < -0.39 is 12.3 Å². The van der Waals surface area contributed by atoms with Crippen molar-refractivity contribution in [2.75, 3.05) is 50.7 Å². The van der Waals surface area contributed by atoms with E-state index in [2.05, 4.69) is 26.2 Å². The van der Waals surface area contributed by atoms with Crippen LogP contribution in [0, 0.1) is 11.3 Å². The first-order valence-electron chi connectivity index (χ1n) is 9.71. The fourth-order valence-electron chi connectivity index (χ4n) is 4.34. The van der Waals surface area contributed by atoms with E-state index in [4.69, 9.17) is 0 Å². The molecule has 3 aliphatic rings. The number of amides is 1. The van der Waals surface area contributed by atoms with Crippen LogP contribution in [0.2, 0.25) is 0 Å². The van der Waals surface area contributed by atoms with Crippen LogP contribution in [-0.2, 0) is 4.79 Å². The maximum Gasteiger partial charge on any atom is 0.239 e. The van der Waals surface area contributed by atoms with Gasteiger partial charge in [-0.15, -0.1) is 0 Å². The van der Waals surface area contributed by atoms with Crippen molar-refractivity contribution in [2.24, 2.45) is 0 Å². The third-order valence-corrected chi connectivity index (χ3v) is 5.94. The van der Waals surface area contributed by atoms with E-state index in [-0.39, 0.29) is 31.1 Å². The molecule has 3 saturated heterocycles. The molecule has 9 heteroatoms. The number of nitrogens with zero attached hydrogens (tertiary/aromatic N) is 5. The average molecular weight is 390 g/mol. The van der Waals surface area contributed by atoms with Crippen molar-refractivity contribution in [1.82, 2.24) is 20.1 Å². The molecule has 4 atom stereocenters. The summed E-state index contributed by atoms with van der Waals surface area (Å²) in [6.45, 7) is 3.56. The summed E-state index contributed by atoms with van der Waals surface area (Å²) in [5.41, 5.74) is 0.576. The van der Waals surface area contributed by atoms with Crippen molar-refractivity contribution in [2.45, 2.75) is 30.8 Å². The molecule has 1 amide bonds. The van der Waals surface area contributed by atoms with Crippen molar-refractivity contribution >= 4 is 11.7 Å². The van der Waals surface area contributed by atoms with Gasteiger partial charge in [0.05, 0.1) is 24.7 Å². The number of pyridine rings is 1. The van der Waals surface area contributed by atoms with E-state index in [9.17, 15) is 18.8 Å². The zero-order valence-corrected chi connectivity index (χ0v) is 15.6. The van der Waals surface area contributed by atoms with Crippen molar-refractivity contribution in [3.8, 4) is 6.07 Å². The standard InChI is InChI=1S/C19H24F2N6O/c20-15-11-27(12-16(15)21)19(28)17-8-14(10-24-17)25-4-6-26(7-5-25)18-13(9-22)2-1-3-23-18/h1-3,14-17,24H,4-8,10-12H2/t14-,15-,16+,17-/m0/s1. The lowest BCUT2D eigenvalue weighted by Gasteiger charge is -2.38. The quantitative estimate of drug-likeness (QED) is 0.802. The Morgan fingerprint density at radius 1 is 1.21 bits per heavy atom. The minimum Gasteiger partial charge on any atom is -0.353 e. The molecule has 7 nitrogen and oxygen atoms in total. The number of halogens is 2. The van der Waals surface area contributed by atoms with E-state index in [0.29, 0.717) is 18.5 Å². The SMILES string of the molecule is N#Cc1cccnc1N1CCN([C@@H]2CN[C@H](C(=O)N3C[C@@H](F)[C@@H](F)C3)C2)CC1. The van der Waals surface area contributed by atoms with Gasteiger partial charge in [-0.3, -0.25) is 9.69 Å². The van der Waals surface area contributed by atoms with Gasteiger partial charge in [-0.25, -0.2) is 13.8 Å². The number of rotatable bonds is 3. The zero-order valence-electron chi connectivity index (χ0n) is 15.6. The molecule has 0 radical (unpaired) electrons. The summed E-state index contributed by atoms with van der Waals surface area (Å²) < 4.78 is 26.8. The molecule has 150 valence electrons. The van der Waals surface area contributed by atoms with E-state index in [1.54, 1.807) is 18.3 Å². The Morgan fingerprint density at radius 3 is 2.61 bits per heavy atom. The lowest BCUT2D eigenvalue weighted by molar-refractivity contribution is -0.132. The van der Waals surface area contributed by atoms with E-state index in [1.807, 2.05) is 0 Å². The molecule has 4 heterocycles. The Morgan fingerprint density at radius 2 is 1.93 bits per heavy atom. The molecular formula is C19H24F2N6O. The van der Waals surface area contributed by atoms with Crippen LogP contribution in [0.25, 0.3) is 0 Å². The van der Waals surface area contributed by atoms with Gasteiger partial charge in [0.1, 0.15) is 11.9 Å². The second-order valence-electron chi connectivity index (χ2n) is 7.63. The summed E-state index contributed by atoms with van der Waals surface area (Å²) in [4.78, 5) is 22.6. The van der Waals surface area contributed by atoms with Crippen molar-refractivity contribution < 1.29 is 13.6 Å². The third-order valence-electron chi connectivity index (χ3n) is 5.94.